The molecular formula is C8H9F3O5S. The molecule has 1 aliphatic rings. The second-order valence-corrected chi connectivity index (χ2v) is 4.86. The molecule has 1 atom stereocenters. The lowest BCUT2D eigenvalue weighted by molar-refractivity contribution is -0.222. The molecule has 0 heterocycles. The molecule has 0 saturated heterocycles. The first kappa shape index (κ1) is 14.0. The summed E-state index contributed by atoms with van der Waals surface area (Å²) in [4.78, 5) is 14.9. The maximum absolute atomic E-state index is 11.8. The zero-order valence-electron chi connectivity index (χ0n) is 8.44. The molecule has 17 heavy (non-hydrogen) atoms. The van der Waals surface area contributed by atoms with Crippen LogP contribution in [0.3, 0.4) is 0 Å². The number of halogens is 3. The SMILES string of the molecule is O=C(OOS(=O)(=O)C(F)(F)F)C1CC=CCC1. The molecule has 0 aliphatic heterocycles. The second-order valence-electron chi connectivity index (χ2n) is 3.35. The number of carbonyl (C=O) groups is 1. The van der Waals surface area contributed by atoms with Crippen LogP contribution >= 0.6 is 0 Å². The van der Waals surface area contributed by atoms with Gasteiger partial charge in [-0.05, 0) is 23.6 Å². The van der Waals surface area contributed by atoms with Gasteiger partial charge in [0.05, 0.1) is 5.92 Å². The molecule has 5 nitrogen and oxygen atoms in total. The lowest BCUT2D eigenvalue weighted by Crippen LogP contribution is -2.28. The molecule has 0 amide bonds. The summed E-state index contributed by atoms with van der Waals surface area (Å²) in [5, 5.41) is 0. The zero-order chi connectivity index (χ0) is 13.1. The third kappa shape index (κ3) is 3.70. The largest absolute Gasteiger partial charge is 0.526 e. The molecule has 98 valence electrons. The molecule has 9 heteroatoms. The van der Waals surface area contributed by atoms with E-state index in [9.17, 15) is 26.4 Å². The highest BCUT2D eigenvalue weighted by molar-refractivity contribution is 7.87. The Balaban J connectivity index is 2.51. The van der Waals surface area contributed by atoms with E-state index in [0.717, 1.165) is 0 Å². The van der Waals surface area contributed by atoms with E-state index in [4.69, 9.17) is 0 Å². The third-order valence-electron chi connectivity index (χ3n) is 2.09. The predicted octanol–water partition coefficient (Wildman–Crippen LogP) is 1.67. The number of allylic oxidation sites excluding steroid dienone is 2. The molecule has 0 bridgehead atoms. The number of hydrogen-bond donors (Lipinski definition) is 0. The summed E-state index contributed by atoms with van der Waals surface area (Å²) in [6, 6.07) is 0. The Morgan fingerprint density at radius 1 is 1.29 bits per heavy atom. The Morgan fingerprint density at radius 2 is 1.94 bits per heavy atom. The Hall–Kier alpha value is -1.09. The van der Waals surface area contributed by atoms with Crippen LogP contribution in [-0.2, 0) is 24.1 Å². The van der Waals surface area contributed by atoms with Crippen molar-refractivity contribution in [3.05, 3.63) is 12.2 Å². The topological polar surface area (TPSA) is 69.7 Å². The molecule has 0 aromatic rings. The number of rotatable bonds is 3. The molecule has 0 N–H and O–H groups in total. The molecule has 0 spiro atoms. The lowest BCUT2D eigenvalue weighted by Gasteiger charge is -2.15. The smallest absolute Gasteiger partial charge is 0.281 e. The number of carbonyl (C=O) groups excluding carboxylic acids is 1. The Bertz CT molecular complexity index is 411. The van der Waals surface area contributed by atoms with Crippen molar-refractivity contribution in [3.63, 3.8) is 0 Å². The summed E-state index contributed by atoms with van der Waals surface area (Å²) in [6.07, 6.45) is 4.70. The van der Waals surface area contributed by atoms with Crippen LogP contribution in [0.1, 0.15) is 19.3 Å². The van der Waals surface area contributed by atoms with E-state index < -0.39 is 27.5 Å². The van der Waals surface area contributed by atoms with Gasteiger partial charge in [0.1, 0.15) is 0 Å². The van der Waals surface area contributed by atoms with Gasteiger partial charge in [-0.15, -0.1) is 0 Å². The van der Waals surface area contributed by atoms with E-state index in [1.54, 1.807) is 12.2 Å². The van der Waals surface area contributed by atoms with Gasteiger partial charge in [-0.2, -0.15) is 21.6 Å². The van der Waals surface area contributed by atoms with Gasteiger partial charge in [0, 0.05) is 0 Å². The van der Waals surface area contributed by atoms with Gasteiger partial charge in [-0.25, -0.2) is 4.79 Å². The zero-order valence-corrected chi connectivity index (χ0v) is 9.25. The first-order valence-electron chi connectivity index (χ1n) is 4.60. The predicted molar refractivity (Wildman–Crippen MR) is 48.6 cm³/mol. The van der Waals surface area contributed by atoms with E-state index in [1.165, 1.54) is 0 Å². The summed E-state index contributed by atoms with van der Waals surface area (Å²) in [6.45, 7) is 0. The molecule has 0 aromatic carbocycles. The molecule has 1 rings (SSSR count). The minimum absolute atomic E-state index is 0.286. The fourth-order valence-corrected chi connectivity index (χ4v) is 1.43. The first-order valence-corrected chi connectivity index (χ1v) is 6.01. The van der Waals surface area contributed by atoms with Crippen LogP contribution in [0.25, 0.3) is 0 Å². The maximum Gasteiger partial charge on any atom is 0.526 e. The van der Waals surface area contributed by atoms with Gasteiger partial charge >= 0.3 is 21.6 Å². The lowest BCUT2D eigenvalue weighted by atomic mass is 9.95. The quantitative estimate of drug-likeness (QED) is 0.339. The fraction of sp³-hybridized carbons (Fsp3) is 0.625. The molecule has 1 unspecified atom stereocenters. The fourth-order valence-electron chi connectivity index (χ4n) is 1.19. The van der Waals surface area contributed by atoms with E-state index >= 15 is 0 Å². The summed E-state index contributed by atoms with van der Waals surface area (Å²) in [5.74, 6) is -1.80. The average molecular weight is 274 g/mol. The van der Waals surface area contributed by atoms with Crippen LogP contribution in [0.2, 0.25) is 0 Å². The Kier molecular flexibility index (Phi) is 4.15. The van der Waals surface area contributed by atoms with Crippen molar-refractivity contribution in [2.45, 2.75) is 24.8 Å². The molecule has 1 aliphatic carbocycles. The van der Waals surface area contributed by atoms with Crippen LogP contribution in [0.15, 0.2) is 12.2 Å². The van der Waals surface area contributed by atoms with E-state index in [1.807, 2.05) is 0 Å². The number of alkyl halides is 3. The third-order valence-corrected chi connectivity index (χ3v) is 2.91. The van der Waals surface area contributed by atoms with E-state index in [0.29, 0.717) is 12.8 Å². The van der Waals surface area contributed by atoms with Gasteiger partial charge in [0.15, 0.2) is 0 Å². The van der Waals surface area contributed by atoms with Crippen LogP contribution in [0.4, 0.5) is 13.2 Å². The highest BCUT2D eigenvalue weighted by Crippen LogP contribution is 2.26. The van der Waals surface area contributed by atoms with Crippen molar-refractivity contribution >= 4 is 16.1 Å². The van der Waals surface area contributed by atoms with Crippen LogP contribution < -0.4 is 0 Å². The monoisotopic (exact) mass is 274 g/mol. The average Bonchev–Trinajstić information content (AvgIpc) is 2.25. The normalized spacial score (nSPS) is 21.2. The van der Waals surface area contributed by atoms with Gasteiger partial charge < -0.3 is 0 Å². The summed E-state index contributed by atoms with van der Waals surface area (Å²) in [5.41, 5.74) is -5.61. The van der Waals surface area contributed by atoms with Crippen molar-refractivity contribution in [1.82, 2.24) is 0 Å². The Morgan fingerprint density at radius 3 is 2.41 bits per heavy atom. The number of hydrogen-bond acceptors (Lipinski definition) is 5. The van der Waals surface area contributed by atoms with Crippen LogP contribution in [0.5, 0.6) is 0 Å². The van der Waals surface area contributed by atoms with Crippen LogP contribution in [0, 0.1) is 5.92 Å². The van der Waals surface area contributed by atoms with Gasteiger partial charge in [0.25, 0.3) is 0 Å². The first-order chi connectivity index (χ1) is 7.74. The Labute approximate surface area is 95.2 Å². The van der Waals surface area contributed by atoms with E-state index in [2.05, 4.69) is 9.22 Å². The highest BCUT2D eigenvalue weighted by Gasteiger charge is 2.49. The second kappa shape index (κ2) is 5.05. The van der Waals surface area contributed by atoms with Crippen molar-refractivity contribution in [2.75, 3.05) is 0 Å². The maximum atomic E-state index is 11.8. The van der Waals surface area contributed by atoms with Crippen molar-refractivity contribution < 1.29 is 35.6 Å². The van der Waals surface area contributed by atoms with Crippen molar-refractivity contribution in [2.24, 2.45) is 5.92 Å². The molecule has 0 aromatic heterocycles. The minimum Gasteiger partial charge on any atom is -0.281 e. The molecule has 0 saturated carbocycles. The standard InChI is InChI=1S/C8H9F3O5S/c9-8(10,11)17(13,14)16-15-7(12)6-4-2-1-3-5-6/h1-2,6H,3-5H2. The van der Waals surface area contributed by atoms with Crippen LogP contribution in [-0.4, -0.2) is 19.9 Å². The van der Waals surface area contributed by atoms with Gasteiger partial charge in [0.2, 0.25) is 0 Å². The van der Waals surface area contributed by atoms with Gasteiger partial charge in [-0.1, -0.05) is 12.2 Å². The molecule has 0 radical (unpaired) electrons. The van der Waals surface area contributed by atoms with Gasteiger partial charge in [-0.3, -0.25) is 4.89 Å². The highest BCUT2D eigenvalue weighted by atomic mass is 32.2. The van der Waals surface area contributed by atoms with E-state index in [-0.39, 0.29) is 6.42 Å². The summed E-state index contributed by atoms with van der Waals surface area (Å²) < 4.78 is 59.4. The van der Waals surface area contributed by atoms with Crippen molar-refractivity contribution in [1.29, 1.82) is 0 Å². The summed E-state index contributed by atoms with van der Waals surface area (Å²) in [7, 11) is -5.89. The summed E-state index contributed by atoms with van der Waals surface area (Å²) >= 11 is 0. The molecule has 0 fully saturated rings. The molecular weight excluding hydrogens is 265 g/mol. The van der Waals surface area contributed by atoms with Crippen molar-refractivity contribution in [3.8, 4) is 0 Å². The minimum atomic E-state index is -5.89.